The maximum Gasteiger partial charge on any atom is 0.338 e. The minimum Gasteiger partial charge on any atom is -0.465 e. The Bertz CT molecular complexity index is 685. The predicted molar refractivity (Wildman–Crippen MR) is 63.3 cm³/mol. The highest BCUT2D eigenvalue weighted by Crippen LogP contribution is 2.22. The van der Waals surface area contributed by atoms with Crippen LogP contribution in [0.15, 0.2) is 23.0 Å². The fourth-order valence-electron chi connectivity index (χ4n) is 2.26. The molecule has 0 amide bonds. The highest BCUT2D eigenvalue weighted by Gasteiger charge is 2.22. The number of aryl methyl sites for hydroxylation is 1. The first kappa shape index (κ1) is 10.1. The van der Waals surface area contributed by atoms with Gasteiger partial charge in [-0.25, -0.2) is 4.79 Å². The molecule has 1 N–H and O–H groups in total. The van der Waals surface area contributed by atoms with E-state index in [1.54, 1.807) is 12.1 Å². The van der Waals surface area contributed by atoms with E-state index in [-0.39, 0.29) is 5.43 Å². The molecule has 1 aliphatic carbocycles. The highest BCUT2D eigenvalue weighted by molar-refractivity contribution is 6.03. The zero-order chi connectivity index (χ0) is 12.0. The summed E-state index contributed by atoms with van der Waals surface area (Å²) < 4.78 is 4.70. The van der Waals surface area contributed by atoms with Gasteiger partial charge in [-0.05, 0) is 25.0 Å². The molecule has 0 spiro atoms. The van der Waals surface area contributed by atoms with Gasteiger partial charge >= 0.3 is 5.97 Å². The third-order valence-electron chi connectivity index (χ3n) is 3.25. The molecule has 0 saturated heterocycles. The van der Waals surface area contributed by atoms with E-state index in [0.717, 1.165) is 24.1 Å². The van der Waals surface area contributed by atoms with E-state index in [2.05, 4.69) is 4.98 Å². The van der Waals surface area contributed by atoms with E-state index >= 15 is 0 Å². The number of nitrogens with one attached hydrogen (secondary N) is 1. The van der Waals surface area contributed by atoms with Crippen LogP contribution in [0.4, 0.5) is 0 Å². The third-order valence-corrected chi connectivity index (χ3v) is 3.25. The van der Waals surface area contributed by atoms with Gasteiger partial charge in [-0.15, -0.1) is 0 Å². The van der Waals surface area contributed by atoms with E-state index in [1.807, 2.05) is 6.07 Å². The summed E-state index contributed by atoms with van der Waals surface area (Å²) in [6, 6.07) is 5.17. The van der Waals surface area contributed by atoms with E-state index < -0.39 is 5.97 Å². The number of ether oxygens (including phenoxy) is 1. The molecule has 1 aliphatic rings. The summed E-state index contributed by atoms with van der Waals surface area (Å²) in [6.45, 7) is 0. The number of hydrogen-bond acceptors (Lipinski definition) is 3. The summed E-state index contributed by atoms with van der Waals surface area (Å²) in [6.07, 6.45) is 1.69. The SMILES string of the molecule is COC(=O)c1cccc2[nH]c3c(c(=O)c12)CC3. The fourth-order valence-corrected chi connectivity index (χ4v) is 2.26. The number of carbonyl (C=O) groups excluding carboxylic acids is 1. The number of fused-ring (bicyclic) bond motifs is 2. The average Bonchev–Trinajstić information content (AvgIpc) is 2.31. The molecule has 0 radical (unpaired) electrons. The van der Waals surface area contributed by atoms with Gasteiger partial charge in [0.2, 0.25) is 0 Å². The quantitative estimate of drug-likeness (QED) is 0.752. The van der Waals surface area contributed by atoms with Crippen molar-refractivity contribution in [2.24, 2.45) is 0 Å². The summed E-state index contributed by atoms with van der Waals surface area (Å²) in [7, 11) is 1.32. The molecule has 0 fully saturated rings. The first-order valence-electron chi connectivity index (χ1n) is 5.47. The number of pyridine rings is 1. The second kappa shape index (κ2) is 3.45. The van der Waals surface area contributed by atoms with Gasteiger partial charge in [0, 0.05) is 11.3 Å². The van der Waals surface area contributed by atoms with Crippen LogP contribution in [0.2, 0.25) is 0 Å². The van der Waals surface area contributed by atoms with E-state index in [0.29, 0.717) is 16.5 Å². The lowest BCUT2D eigenvalue weighted by Crippen LogP contribution is -2.24. The van der Waals surface area contributed by atoms with Crippen LogP contribution in [0.3, 0.4) is 0 Å². The fraction of sp³-hybridized carbons (Fsp3) is 0.231. The minimum atomic E-state index is -0.472. The van der Waals surface area contributed by atoms with Gasteiger partial charge in [-0.3, -0.25) is 4.79 Å². The number of methoxy groups -OCH3 is 1. The van der Waals surface area contributed by atoms with Crippen molar-refractivity contribution in [1.29, 1.82) is 0 Å². The van der Waals surface area contributed by atoms with Gasteiger partial charge < -0.3 is 9.72 Å². The topological polar surface area (TPSA) is 59.2 Å². The molecule has 0 atom stereocenters. The number of carbonyl (C=O) groups is 1. The van der Waals surface area contributed by atoms with Gasteiger partial charge in [0.1, 0.15) is 0 Å². The smallest absolute Gasteiger partial charge is 0.338 e. The zero-order valence-corrected chi connectivity index (χ0v) is 9.37. The average molecular weight is 229 g/mol. The second-order valence-corrected chi connectivity index (χ2v) is 4.13. The minimum absolute atomic E-state index is 0.0407. The number of esters is 1. The Balaban J connectivity index is 2.42. The monoisotopic (exact) mass is 229 g/mol. The lowest BCUT2D eigenvalue weighted by atomic mass is 9.91. The number of hydrogen-bond donors (Lipinski definition) is 1. The van der Waals surface area contributed by atoms with Crippen molar-refractivity contribution >= 4 is 16.9 Å². The lowest BCUT2D eigenvalue weighted by molar-refractivity contribution is 0.0603. The Morgan fingerprint density at radius 3 is 2.82 bits per heavy atom. The van der Waals surface area contributed by atoms with Gasteiger partial charge in [0.15, 0.2) is 5.43 Å². The van der Waals surface area contributed by atoms with Crippen molar-refractivity contribution in [2.75, 3.05) is 7.11 Å². The maximum absolute atomic E-state index is 12.2. The van der Waals surface area contributed by atoms with Gasteiger partial charge in [-0.1, -0.05) is 6.07 Å². The van der Waals surface area contributed by atoms with E-state index in [1.165, 1.54) is 7.11 Å². The molecular weight excluding hydrogens is 218 g/mol. The molecule has 0 unspecified atom stereocenters. The number of rotatable bonds is 1. The molecule has 17 heavy (non-hydrogen) atoms. The van der Waals surface area contributed by atoms with Crippen LogP contribution in [-0.2, 0) is 17.6 Å². The molecule has 1 aromatic heterocycles. The van der Waals surface area contributed by atoms with Crippen LogP contribution in [-0.4, -0.2) is 18.1 Å². The standard InChI is InChI=1S/C13H11NO3/c1-17-13(16)8-3-2-4-10-11(8)12(15)7-5-6-9(7)14-10/h2-4H,5-6H2,1H3,(H,14,15). The van der Waals surface area contributed by atoms with E-state index in [4.69, 9.17) is 4.74 Å². The Labute approximate surface area is 97.2 Å². The van der Waals surface area contributed by atoms with Crippen molar-refractivity contribution in [3.63, 3.8) is 0 Å². The van der Waals surface area contributed by atoms with Crippen LogP contribution in [0.25, 0.3) is 10.9 Å². The molecule has 0 bridgehead atoms. The van der Waals surface area contributed by atoms with E-state index in [9.17, 15) is 9.59 Å². The molecule has 0 aliphatic heterocycles. The van der Waals surface area contributed by atoms with Crippen molar-refractivity contribution in [3.05, 3.63) is 45.2 Å². The van der Waals surface area contributed by atoms with Crippen LogP contribution >= 0.6 is 0 Å². The maximum atomic E-state index is 12.2. The summed E-state index contributed by atoms with van der Waals surface area (Å²) in [4.78, 5) is 27.0. The van der Waals surface area contributed by atoms with Crippen LogP contribution in [0.5, 0.6) is 0 Å². The Hall–Kier alpha value is -2.10. The lowest BCUT2D eigenvalue weighted by Gasteiger charge is -2.19. The molecule has 0 saturated carbocycles. The predicted octanol–water partition coefficient (Wildman–Crippen LogP) is 1.41. The zero-order valence-electron chi connectivity index (χ0n) is 9.37. The van der Waals surface area contributed by atoms with Crippen molar-refractivity contribution in [1.82, 2.24) is 4.98 Å². The third kappa shape index (κ3) is 1.30. The number of aromatic amines is 1. The van der Waals surface area contributed by atoms with Crippen molar-refractivity contribution < 1.29 is 9.53 Å². The normalized spacial score (nSPS) is 13.0. The largest absolute Gasteiger partial charge is 0.465 e. The summed E-state index contributed by atoms with van der Waals surface area (Å²) in [5, 5.41) is 0.442. The Kier molecular flexibility index (Phi) is 2.04. The van der Waals surface area contributed by atoms with Gasteiger partial charge in [0.05, 0.1) is 23.6 Å². The molecule has 1 heterocycles. The van der Waals surface area contributed by atoms with Crippen molar-refractivity contribution in [3.8, 4) is 0 Å². The molecular formula is C13H11NO3. The summed E-state index contributed by atoms with van der Waals surface area (Å²) >= 11 is 0. The highest BCUT2D eigenvalue weighted by atomic mass is 16.5. The van der Waals surface area contributed by atoms with Gasteiger partial charge in [-0.2, -0.15) is 0 Å². The summed E-state index contributed by atoms with van der Waals surface area (Å²) in [5.74, 6) is -0.472. The van der Waals surface area contributed by atoms with Crippen LogP contribution in [0.1, 0.15) is 21.6 Å². The number of aromatic nitrogens is 1. The number of benzene rings is 1. The Morgan fingerprint density at radius 2 is 2.18 bits per heavy atom. The molecule has 4 nitrogen and oxygen atoms in total. The second-order valence-electron chi connectivity index (χ2n) is 4.13. The summed E-state index contributed by atoms with van der Waals surface area (Å²) in [5.41, 5.74) is 2.79. The molecule has 3 rings (SSSR count). The molecule has 4 heteroatoms. The van der Waals surface area contributed by atoms with Gasteiger partial charge in [0.25, 0.3) is 0 Å². The molecule has 1 aromatic carbocycles. The van der Waals surface area contributed by atoms with Crippen molar-refractivity contribution in [2.45, 2.75) is 12.8 Å². The first-order valence-corrected chi connectivity index (χ1v) is 5.47. The first-order chi connectivity index (χ1) is 8.22. The molecule has 2 aromatic rings. The number of H-pyrrole nitrogens is 1. The van der Waals surface area contributed by atoms with Crippen LogP contribution < -0.4 is 5.43 Å². The van der Waals surface area contributed by atoms with Crippen LogP contribution in [0, 0.1) is 0 Å². The Morgan fingerprint density at radius 1 is 1.35 bits per heavy atom. The molecule has 86 valence electrons.